The number of thioether (sulfide) groups is 1. The Bertz CT molecular complexity index is 1090. The molecular formula is C21H23N5O2S. The van der Waals surface area contributed by atoms with Crippen LogP contribution in [0.4, 0.5) is 0 Å². The fraction of sp³-hybridized carbons (Fsp3) is 0.333. The zero-order valence-corrected chi connectivity index (χ0v) is 16.9. The van der Waals surface area contributed by atoms with Gasteiger partial charge in [0.15, 0.2) is 10.8 Å². The van der Waals surface area contributed by atoms with Crippen LogP contribution in [0.2, 0.25) is 0 Å². The summed E-state index contributed by atoms with van der Waals surface area (Å²) < 4.78 is 1.63. The van der Waals surface area contributed by atoms with Crippen LogP contribution in [0.15, 0.2) is 58.1 Å². The first kappa shape index (κ1) is 19.4. The Kier molecular flexibility index (Phi) is 6.09. The van der Waals surface area contributed by atoms with Crippen LogP contribution < -0.4 is 10.9 Å². The van der Waals surface area contributed by atoms with Crippen LogP contribution in [-0.2, 0) is 4.79 Å². The second-order valence-electron chi connectivity index (χ2n) is 7.00. The molecular weight excluding hydrogens is 386 g/mol. The number of amides is 1. The van der Waals surface area contributed by atoms with Gasteiger partial charge in [-0.2, -0.15) is 5.10 Å². The number of hydrogen-bond donors (Lipinski definition) is 2. The summed E-state index contributed by atoms with van der Waals surface area (Å²) in [6.45, 7) is 0.648. The van der Waals surface area contributed by atoms with Gasteiger partial charge in [-0.05, 0) is 44.2 Å². The first-order chi connectivity index (χ1) is 14.2. The van der Waals surface area contributed by atoms with E-state index in [2.05, 4.69) is 26.5 Å². The van der Waals surface area contributed by atoms with Crippen molar-refractivity contribution in [3.05, 3.63) is 58.5 Å². The van der Waals surface area contributed by atoms with E-state index in [4.69, 9.17) is 0 Å². The van der Waals surface area contributed by atoms with Crippen LogP contribution in [0.1, 0.15) is 32.1 Å². The average molecular weight is 410 g/mol. The predicted molar refractivity (Wildman–Crippen MR) is 114 cm³/mol. The molecule has 4 rings (SSSR count). The van der Waals surface area contributed by atoms with Crippen molar-refractivity contribution >= 4 is 28.7 Å². The van der Waals surface area contributed by atoms with E-state index in [9.17, 15) is 9.59 Å². The lowest BCUT2D eigenvalue weighted by Gasteiger charge is -2.12. The largest absolute Gasteiger partial charge is 0.355 e. The van der Waals surface area contributed by atoms with E-state index in [1.165, 1.54) is 36.4 Å². The van der Waals surface area contributed by atoms with E-state index in [0.29, 0.717) is 22.7 Å². The van der Waals surface area contributed by atoms with Gasteiger partial charge in [0.1, 0.15) is 5.39 Å². The summed E-state index contributed by atoms with van der Waals surface area (Å²) in [5.74, 6) is 0.137. The quantitative estimate of drug-likeness (QED) is 0.355. The molecule has 0 saturated heterocycles. The van der Waals surface area contributed by atoms with Crippen LogP contribution in [0.3, 0.4) is 0 Å². The number of hydrogen-bond acceptors (Lipinski definition) is 5. The third-order valence-corrected chi connectivity index (χ3v) is 5.78. The molecule has 1 aliphatic carbocycles. The summed E-state index contributed by atoms with van der Waals surface area (Å²) in [6.07, 6.45) is 9.53. The average Bonchev–Trinajstić information content (AvgIpc) is 3.18. The number of allylic oxidation sites excluding steroid dienone is 1. The van der Waals surface area contributed by atoms with Crippen molar-refractivity contribution in [3.8, 4) is 5.69 Å². The fourth-order valence-corrected chi connectivity index (χ4v) is 4.09. The summed E-state index contributed by atoms with van der Waals surface area (Å²) in [5.41, 5.74) is 2.48. The standard InChI is InChI=1S/C21H23N5O2S/c27-18(22-12-11-15-7-3-1-4-8-15)14-29-21-24-19-17(20(28)25-21)13-23-26(19)16-9-5-2-6-10-16/h2,5-7,9-10,13H,1,3-4,8,11-12,14H2,(H,22,27)(H,24,25,28). The molecule has 1 aromatic carbocycles. The molecule has 0 unspecified atom stereocenters. The highest BCUT2D eigenvalue weighted by atomic mass is 32.2. The van der Waals surface area contributed by atoms with Crippen molar-refractivity contribution < 1.29 is 4.79 Å². The molecule has 0 fully saturated rings. The van der Waals surface area contributed by atoms with E-state index in [0.717, 1.165) is 24.9 Å². The number of carbonyl (C=O) groups is 1. The van der Waals surface area contributed by atoms with Gasteiger partial charge in [-0.3, -0.25) is 9.59 Å². The molecule has 0 spiro atoms. The van der Waals surface area contributed by atoms with Crippen LogP contribution in [0, 0.1) is 0 Å². The highest BCUT2D eigenvalue weighted by molar-refractivity contribution is 7.99. The molecule has 0 saturated carbocycles. The first-order valence-corrected chi connectivity index (χ1v) is 10.8. The maximum atomic E-state index is 12.4. The summed E-state index contributed by atoms with van der Waals surface area (Å²) in [5, 5.41) is 8.06. The van der Waals surface area contributed by atoms with Gasteiger partial charge in [-0.15, -0.1) is 0 Å². The van der Waals surface area contributed by atoms with Crippen molar-refractivity contribution in [1.82, 2.24) is 25.1 Å². The molecule has 0 atom stereocenters. The van der Waals surface area contributed by atoms with Gasteiger partial charge in [0, 0.05) is 6.54 Å². The second kappa shape index (κ2) is 9.09. The van der Waals surface area contributed by atoms with Gasteiger partial charge in [0.25, 0.3) is 5.56 Å². The number of carbonyl (C=O) groups excluding carboxylic acids is 1. The summed E-state index contributed by atoms with van der Waals surface area (Å²) >= 11 is 1.22. The molecule has 2 N–H and O–H groups in total. The Balaban J connectivity index is 1.39. The molecule has 8 heteroatoms. The first-order valence-electron chi connectivity index (χ1n) is 9.81. The van der Waals surface area contributed by atoms with Crippen LogP contribution in [0.5, 0.6) is 0 Å². The van der Waals surface area contributed by atoms with Crippen molar-refractivity contribution in [2.45, 2.75) is 37.3 Å². The zero-order chi connectivity index (χ0) is 20.1. The topological polar surface area (TPSA) is 92.7 Å². The van der Waals surface area contributed by atoms with Gasteiger partial charge < -0.3 is 10.3 Å². The molecule has 2 heterocycles. The molecule has 1 amide bonds. The number of aromatic nitrogens is 4. The molecule has 3 aromatic rings. The van der Waals surface area contributed by atoms with E-state index >= 15 is 0 Å². The van der Waals surface area contributed by atoms with E-state index < -0.39 is 0 Å². The SMILES string of the molecule is O=C(CSc1nc2c(cnn2-c2ccccc2)c(=O)[nH]1)NCCC1=CCCCC1. The molecule has 0 radical (unpaired) electrons. The maximum Gasteiger partial charge on any atom is 0.262 e. The number of nitrogens with one attached hydrogen (secondary N) is 2. The van der Waals surface area contributed by atoms with Crippen molar-refractivity contribution in [2.75, 3.05) is 12.3 Å². The lowest BCUT2D eigenvalue weighted by Crippen LogP contribution is -2.26. The molecule has 7 nitrogen and oxygen atoms in total. The number of nitrogens with zero attached hydrogens (tertiary/aromatic N) is 3. The number of para-hydroxylation sites is 1. The molecule has 150 valence electrons. The second-order valence-corrected chi connectivity index (χ2v) is 7.96. The van der Waals surface area contributed by atoms with E-state index in [-0.39, 0.29) is 17.2 Å². The molecule has 0 bridgehead atoms. The molecule has 1 aliphatic rings. The number of fused-ring (bicyclic) bond motifs is 1. The molecule has 2 aromatic heterocycles. The van der Waals surface area contributed by atoms with Gasteiger partial charge >= 0.3 is 0 Å². The van der Waals surface area contributed by atoms with Gasteiger partial charge in [-0.1, -0.05) is 41.6 Å². The normalized spacial score (nSPS) is 14.0. The Hall–Kier alpha value is -2.87. The summed E-state index contributed by atoms with van der Waals surface area (Å²) in [4.78, 5) is 31.8. The summed E-state index contributed by atoms with van der Waals surface area (Å²) in [6, 6.07) is 9.52. The Morgan fingerprint density at radius 1 is 1.24 bits per heavy atom. The Morgan fingerprint density at radius 2 is 2.10 bits per heavy atom. The number of H-pyrrole nitrogens is 1. The highest BCUT2D eigenvalue weighted by Gasteiger charge is 2.13. The number of rotatable bonds is 7. The minimum atomic E-state index is -0.260. The van der Waals surface area contributed by atoms with Crippen LogP contribution >= 0.6 is 11.8 Å². The molecule has 29 heavy (non-hydrogen) atoms. The highest BCUT2D eigenvalue weighted by Crippen LogP contribution is 2.20. The van der Waals surface area contributed by atoms with Crippen molar-refractivity contribution in [2.24, 2.45) is 0 Å². The van der Waals surface area contributed by atoms with Crippen LogP contribution in [0.25, 0.3) is 16.7 Å². The zero-order valence-electron chi connectivity index (χ0n) is 16.1. The van der Waals surface area contributed by atoms with Gasteiger partial charge in [-0.25, -0.2) is 9.67 Å². The lowest BCUT2D eigenvalue weighted by molar-refractivity contribution is -0.118. The van der Waals surface area contributed by atoms with Crippen LogP contribution in [-0.4, -0.2) is 38.0 Å². The summed E-state index contributed by atoms with van der Waals surface area (Å²) in [7, 11) is 0. The molecule has 0 aliphatic heterocycles. The maximum absolute atomic E-state index is 12.4. The van der Waals surface area contributed by atoms with Gasteiger partial charge in [0.2, 0.25) is 5.91 Å². The third kappa shape index (κ3) is 4.76. The van der Waals surface area contributed by atoms with E-state index in [1.807, 2.05) is 30.3 Å². The van der Waals surface area contributed by atoms with Crippen molar-refractivity contribution in [1.29, 1.82) is 0 Å². The number of aromatic amines is 1. The Labute approximate surface area is 172 Å². The minimum absolute atomic E-state index is 0.0641. The Morgan fingerprint density at radius 3 is 2.90 bits per heavy atom. The fourth-order valence-electron chi connectivity index (χ4n) is 3.40. The minimum Gasteiger partial charge on any atom is -0.355 e. The van der Waals surface area contributed by atoms with Gasteiger partial charge in [0.05, 0.1) is 17.6 Å². The smallest absolute Gasteiger partial charge is 0.262 e. The monoisotopic (exact) mass is 409 g/mol. The third-order valence-electron chi connectivity index (χ3n) is 4.91. The van der Waals surface area contributed by atoms with E-state index in [1.54, 1.807) is 4.68 Å². The number of benzene rings is 1. The predicted octanol–water partition coefficient (Wildman–Crippen LogP) is 3.21. The van der Waals surface area contributed by atoms with Crippen molar-refractivity contribution in [3.63, 3.8) is 0 Å². The lowest BCUT2D eigenvalue weighted by atomic mass is 9.97.